The number of rotatable bonds is 9. The van der Waals surface area contributed by atoms with Gasteiger partial charge in [-0.2, -0.15) is 0 Å². The number of nitro benzene ring substituents is 1. The first kappa shape index (κ1) is 21.6. The molecule has 0 aromatic heterocycles. The minimum atomic E-state index is -0.540. The van der Waals surface area contributed by atoms with Gasteiger partial charge in [-0.05, 0) is 36.7 Å². The van der Waals surface area contributed by atoms with Gasteiger partial charge in [0.1, 0.15) is 5.69 Å². The highest BCUT2D eigenvalue weighted by molar-refractivity contribution is 7.80. The minimum absolute atomic E-state index is 0.165. The number of amides is 1. The van der Waals surface area contributed by atoms with Crippen molar-refractivity contribution >= 4 is 34.6 Å². The maximum atomic E-state index is 12.1. The molecule has 0 saturated heterocycles. The van der Waals surface area contributed by atoms with Gasteiger partial charge in [-0.25, -0.2) is 0 Å². The Morgan fingerprint density at radius 3 is 2.65 bits per heavy atom. The maximum Gasteiger partial charge on any atom is 0.293 e. The van der Waals surface area contributed by atoms with Crippen LogP contribution in [0.2, 0.25) is 0 Å². The first-order valence-corrected chi connectivity index (χ1v) is 9.10. The van der Waals surface area contributed by atoms with Gasteiger partial charge in [0.25, 0.3) is 11.6 Å². The van der Waals surface area contributed by atoms with Crippen LogP contribution in [0.3, 0.4) is 0 Å². The fourth-order valence-corrected chi connectivity index (χ4v) is 2.51. The van der Waals surface area contributed by atoms with E-state index in [1.54, 1.807) is 7.05 Å². The summed E-state index contributed by atoms with van der Waals surface area (Å²) in [5.74, 6) is -0.0235. The van der Waals surface area contributed by atoms with E-state index in [0.717, 1.165) is 6.42 Å². The normalized spacial score (nSPS) is 11.3. The van der Waals surface area contributed by atoms with Crippen LogP contribution >= 0.6 is 12.2 Å². The van der Waals surface area contributed by atoms with Crippen molar-refractivity contribution in [3.8, 4) is 0 Å². The molecule has 0 heterocycles. The van der Waals surface area contributed by atoms with Crippen LogP contribution in [-0.2, 0) is 0 Å². The molecule has 1 aromatic carbocycles. The minimum Gasteiger partial charge on any atom is -0.383 e. The van der Waals surface area contributed by atoms with Crippen LogP contribution in [0, 0.1) is 16.0 Å². The first-order chi connectivity index (χ1) is 12.4. The van der Waals surface area contributed by atoms with Gasteiger partial charge in [-0.3, -0.25) is 25.8 Å². The number of hydrogen-bond acceptors (Lipinski definition) is 5. The van der Waals surface area contributed by atoms with Crippen molar-refractivity contribution in [2.45, 2.75) is 39.5 Å². The summed E-state index contributed by atoms with van der Waals surface area (Å²) in [5, 5.41) is 17.1. The highest BCUT2D eigenvalue weighted by Crippen LogP contribution is 2.24. The van der Waals surface area contributed by atoms with Crippen LogP contribution in [0.4, 0.5) is 11.4 Å². The maximum absolute atomic E-state index is 12.1. The van der Waals surface area contributed by atoms with Gasteiger partial charge < -0.3 is 10.6 Å². The van der Waals surface area contributed by atoms with Crippen LogP contribution in [0.1, 0.15) is 49.9 Å². The molecule has 0 fully saturated rings. The summed E-state index contributed by atoms with van der Waals surface area (Å²) < 4.78 is 0. The van der Waals surface area contributed by atoms with Crippen LogP contribution < -0.4 is 21.5 Å². The van der Waals surface area contributed by atoms with Gasteiger partial charge in [-0.15, -0.1) is 0 Å². The summed E-state index contributed by atoms with van der Waals surface area (Å²) in [7, 11) is 1.58. The second kappa shape index (κ2) is 11.2. The molecule has 0 aliphatic rings. The highest BCUT2D eigenvalue weighted by Gasteiger charge is 2.16. The Kier molecular flexibility index (Phi) is 9.35. The van der Waals surface area contributed by atoms with Crippen LogP contribution in [0.25, 0.3) is 0 Å². The topological polar surface area (TPSA) is 108 Å². The molecule has 0 saturated carbocycles. The van der Waals surface area contributed by atoms with Crippen LogP contribution in [-0.4, -0.2) is 29.5 Å². The molecule has 0 unspecified atom stereocenters. The lowest BCUT2D eigenvalue weighted by molar-refractivity contribution is -0.384. The quantitative estimate of drug-likeness (QED) is 0.225. The van der Waals surface area contributed by atoms with Crippen molar-refractivity contribution in [2.24, 2.45) is 5.92 Å². The zero-order valence-corrected chi connectivity index (χ0v) is 16.2. The standard InChI is InChI=1S/C17H27N5O3S/c1-4-5-6-7-12(2)11-19-17(26)21-20-16(23)13-8-9-14(18-3)15(10-13)22(24)25/h8-10,12,18H,4-7,11H2,1-3H3,(H,20,23)(H2,19,21,26)/t12-/m0/s1. The van der Waals surface area contributed by atoms with E-state index in [4.69, 9.17) is 12.2 Å². The number of benzene rings is 1. The number of hydrazine groups is 1. The molecule has 9 heteroatoms. The van der Waals surface area contributed by atoms with E-state index in [0.29, 0.717) is 23.3 Å². The molecule has 144 valence electrons. The number of unbranched alkanes of at least 4 members (excludes halogenated alkanes) is 2. The molecule has 0 aliphatic heterocycles. The molecule has 1 amide bonds. The van der Waals surface area contributed by atoms with Gasteiger partial charge >= 0.3 is 0 Å². The number of nitrogens with zero attached hydrogens (tertiary/aromatic N) is 1. The fraction of sp³-hybridized carbons (Fsp3) is 0.529. The fourth-order valence-electron chi connectivity index (χ4n) is 2.38. The molecule has 26 heavy (non-hydrogen) atoms. The number of carbonyl (C=O) groups is 1. The Morgan fingerprint density at radius 2 is 2.04 bits per heavy atom. The number of hydrogen-bond donors (Lipinski definition) is 4. The molecule has 8 nitrogen and oxygen atoms in total. The predicted molar refractivity (Wildman–Crippen MR) is 107 cm³/mol. The van der Waals surface area contributed by atoms with E-state index in [-0.39, 0.29) is 11.3 Å². The molecule has 1 atom stereocenters. The Balaban J connectivity index is 2.47. The molecule has 1 rings (SSSR count). The third-order valence-electron chi connectivity index (χ3n) is 3.93. The molecule has 1 aromatic rings. The Hall–Kier alpha value is -2.42. The Morgan fingerprint density at radius 1 is 1.31 bits per heavy atom. The highest BCUT2D eigenvalue weighted by atomic mass is 32.1. The first-order valence-electron chi connectivity index (χ1n) is 8.69. The smallest absolute Gasteiger partial charge is 0.293 e. The van der Waals surface area contributed by atoms with Gasteiger partial charge in [-0.1, -0.05) is 33.1 Å². The van der Waals surface area contributed by atoms with E-state index in [1.165, 1.54) is 37.5 Å². The summed E-state index contributed by atoms with van der Waals surface area (Å²) in [6.07, 6.45) is 4.73. The average Bonchev–Trinajstić information content (AvgIpc) is 2.63. The lowest BCUT2D eigenvalue weighted by atomic mass is 10.0. The summed E-state index contributed by atoms with van der Waals surface area (Å²) in [4.78, 5) is 22.6. The number of nitrogens with one attached hydrogen (secondary N) is 4. The number of carbonyl (C=O) groups excluding carboxylic acids is 1. The number of nitro groups is 1. The zero-order chi connectivity index (χ0) is 19.5. The molecule has 0 bridgehead atoms. The molecular formula is C17H27N5O3S. The van der Waals surface area contributed by atoms with Gasteiger partial charge in [0.2, 0.25) is 0 Å². The molecule has 0 spiro atoms. The molecule has 4 N–H and O–H groups in total. The SMILES string of the molecule is CCCCC[C@H](C)CNC(=S)NNC(=O)c1ccc(NC)c([N+](=O)[O-])c1. The summed E-state index contributed by atoms with van der Waals surface area (Å²) in [6, 6.07) is 4.21. The van der Waals surface area contributed by atoms with Crippen LogP contribution in [0.5, 0.6) is 0 Å². The predicted octanol–water partition coefficient (Wildman–Crippen LogP) is 2.96. The molecule has 0 radical (unpaired) electrons. The Bertz CT molecular complexity index is 639. The molecular weight excluding hydrogens is 354 g/mol. The van der Waals surface area contributed by atoms with Crippen molar-refractivity contribution in [2.75, 3.05) is 18.9 Å². The van der Waals surface area contributed by atoms with Crippen molar-refractivity contribution in [3.63, 3.8) is 0 Å². The largest absolute Gasteiger partial charge is 0.383 e. The van der Waals surface area contributed by atoms with Gasteiger partial charge in [0.05, 0.1) is 4.92 Å². The second-order valence-corrected chi connectivity index (χ2v) is 6.54. The Labute approximate surface area is 159 Å². The van der Waals surface area contributed by atoms with E-state index < -0.39 is 10.8 Å². The van der Waals surface area contributed by atoms with E-state index in [9.17, 15) is 14.9 Å². The summed E-state index contributed by atoms with van der Waals surface area (Å²) in [5.41, 5.74) is 5.40. The van der Waals surface area contributed by atoms with Gasteiger partial charge in [0.15, 0.2) is 5.11 Å². The van der Waals surface area contributed by atoms with Crippen molar-refractivity contribution in [1.82, 2.24) is 16.2 Å². The lowest BCUT2D eigenvalue weighted by Gasteiger charge is -2.15. The van der Waals surface area contributed by atoms with E-state index in [1.807, 2.05) is 0 Å². The van der Waals surface area contributed by atoms with E-state index >= 15 is 0 Å². The number of anilines is 1. The van der Waals surface area contributed by atoms with Crippen molar-refractivity contribution in [1.29, 1.82) is 0 Å². The second-order valence-electron chi connectivity index (χ2n) is 6.13. The average molecular weight is 382 g/mol. The monoisotopic (exact) mass is 381 g/mol. The number of thiocarbonyl (C=S) groups is 1. The van der Waals surface area contributed by atoms with E-state index in [2.05, 4.69) is 35.3 Å². The lowest BCUT2D eigenvalue weighted by Crippen LogP contribution is -2.47. The van der Waals surface area contributed by atoms with Gasteiger partial charge in [0, 0.05) is 25.2 Å². The summed E-state index contributed by atoms with van der Waals surface area (Å²) >= 11 is 5.13. The third-order valence-corrected chi connectivity index (χ3v) is 4.17. The molecule has 0 aliphatic carbocycles. The van der Waals surface area contributed by atoms with Crippen LogP contribution in [0.15, 0.2) is 18.2 Å². The third kappa shape index (κ3) is 7.22. The zero-order valence-electron chi connectivity index (χ0n) is 15.4. The van der Waals surface area contributed by atoms with Crippen molar-refractivity contribution in [3.05, 3.63) is 33.9 Å². The van der Waals surface area contributed by atoms with Crippen molar-refractivity contribution < 1.29 is 9.72 Å². The summed E-state index contributed by atoms with van der Waals surface area (Å²) in [6.45, 7) is 5.03.